The van der Waals surface area contributed by atoms with Gasteiger partial charge in [0.05, 0.1) is 22.8 Å². The average Bonchev–Trinajstić information content (AvgIpc) is 3.27. The zero-order valence-electron chi connectivity index (χ0n) is 12.1. The summed E-state index contributed by atoms with van der Waals surface area (Å²) in [5.74, 6) is -1.12. The standard InChI is InChI=1S/C17H14FNO3S/c18-13-8-6-12(7-9-13)15-16(17(15,10-19)11-20)23(21,22)14-4-2-1-3-5-14/h1-9,15-16,20H,11H2/t15-,16-,17+/m0/s1. The fraction of sp³-hybridized carbons (Fsp3) is 0.235. The van der Waals surface area contributed by atoms with Crippen molar-refractivity contribution < 1.29 is 17.9 Å². The zero-order valence-corrected chi connectivity index (χ0v) is 12.9. The summed E-state index contributed by atoms with van der Waals surface area (Å²) >= 11 is 0. The molecule has 0 unspecified atom stereocenters. The van der Waals surface area contributed by atoms with Crippen molar-refractivity contribution in [2.75, 3.05) is 6.61 Å². The number of sulfone groups is 1. The Hall–Kier alpha value is -2.23. The predicted molar refractivity (Wildman–Crippen MR) is 81.7 cm³/mol. The summed E-state index contributed by atoms with van der Waals surface area (Å²) in [7, 11) is -3.78. The van der Waals surface area contributed by atoms with Gasteiger partial charge < -0.3 is 5.11 Å². The Kier molecular flexibility index (Phi) is 3.71. The first-order valence-corrected chi connectivity index (χ1v) is 8.58. The fourth-order valence-corrected chi connectivity index (χ4v) is 5.45. The Morgan fingerprint density at radius 3 is 2.26 bits per heavy atom. The van der Waals surface area contributed by atoms with Crippen molar-refractivity contribution in [2.24, 2.45) is 5.41 Å². The first kappa shape index (κ1) is 15.7. The van der Waals surface area contributed by atoms with Crippen LogP contribution in [0.3, 0.4) is 0 Å². The number of rotatable bonds is 4. The van der Waals surface area contributed by atoms with Crippen molar-refractivity contribution in [1.29, 1.82) is 5.26 Å². The number of hydrogen-bond acceptors (Lipinski definition) is 4. The lowest BCUT2D eigenvalue weighted by Gasteiger charge is -2.05. The van der Waals surface area contributed by atoms with E-state index >= 15 is 0 Å². The van der Waals surface area contributed by atoms with E-state index in [1.165, 1.54) is 36.4 Å². The Bertz CT molecular complexity index is 859. The average molecular weight is 331 g/mol. The maximum absolute atomic E-state index is 13.1. The minimum atomic E-state index is -3.78. The minimum absolute atomic E-state index is 0.114. The smallest absolute Gasteiger partial charge is 0.183 e. The number of halogens is 1. The van der Waals surface area contributed by atoms with E-state index in [2.05, 4.69) is 0 Å². The molecule has 0 heterocycles. The number of benzene rings is 2. The molecule has 1 N–H and O–H groups in total. The monoisotopic (exact) mass is 331 g/mol. The molecule has 0 radical (unpaired) electrons. The van der Waals surface area contributed by atoms with Crippen LogP contribution in [0.25, 0.3) is 0 Å². The van der Waals surface area contributed by atoms with Crippen LogP contribution in [0.15, 0.2) is 59.5 Å². The summed E-state index contributed by atoms with van der Waals surface area (Å²) in [6, 6.07) is 15.2. The van der Waals surface area contributed by atoms with Gasteiger partial charge >= 0.3 is 0 Å². The third kappa shape index (κ3) is 2.33. The van der Waals surface area contributed by atoms with Crippen molar-refractivity contribution in [2.45, 2.75) is 16.1 Å². The van der Waals surface area contributed by atoms with Crippen molar-refractivity contribution in [3.05, 3.63) is 66.0 Å². The predicted octanol–water partition coefficient (Wildman–Crippen LogP) is 2.27. The maximum atomic E-state index is 13.1. The highest BCUT2D eigenvalue weighted by Crippen LogP contribution is 2.63. The second-order valence-electron chi connectivity index (χ2n) is 5.62. The van der Waals surface area contributed by atoms with Gasteiger partial charge in [0.2, 0.25) is 0 Å². The van der Waals surface area contributed by atoms with E-state index < -0.39 is 38.8 Å². The summed E-state index contributed by atoms with van der Waals surface area (Å²) in [5.41, 5.74) is -0.863. The van der Waals surface area contributed by atoms with E-state index in [9.17, 15) is 23.2 Å². The van der Waals surface area contributed by atoms with Crippen LogP contribution in [-0.2, 0) is 9.84 Å². The van der Waals surface area contributed by atoms with Gasteiger partial charge in [0.15, 0.2) is 9.84 Å². The third-order valence-corrected chi connectivity index (χ3v) is 6.65. The molecule has 1 fully saturated rings. The number of aliphatic hydroxyl groups is 1. The van der Waals surface area contributed by atoms with Crippen LogP contribution in [0.4, 0.5) is 4.39 Å². The molecule has 3 atom stereocenters. The van der Waals surface area contributed by atoms with E-state index in [1.807, 2.05) is 6.07 Å². The Morgan fingerprint density at radius 1 is 1.13 bits per heavy atom. The number of nitriles is 1. The fourth-order valence-electron chi connectivity index (χ4n) is 3.12. The van der Waals surface area contributed by atoms with E-state index in [4.69, 9.17) is 0 Å². The van der Waals surface area contributed by atoms with Crippen molar-refractivity contribution in [3.8, 4) is 6.07 Å². The van der Waals surface area contributed by atoms with Gasteiger partial charge in [-0.05, 0) is 29.8 Å². The number of aliphatic hydroxyl groups excluding tert-OH is 1. The lowest BCUT2D eigenvalue weighted by Crippen LogP contribution is -2.18. The highest BCUT2D eigenvalue weighted by Gasteiger charge is 2.72. The quantitative estimate of drug-likeness (QED) is 0.932. The van der Waals surface area contributed by atoms with Crippen LogP contribution in [0.2, 0.25) is 0 Å². The Balaban J connectivity index is 2.07. The first-order chi connectivity index (χ1) is 11.0. The van der Waals surface area contributed by atoms with Crippen LogP contribution in [0.1, 0.15) is 11.5 Å². The van der Waals surface area contributed by atoms with Gasteiger partial charge in [-0.1, -0.05) is 30.3 Å². The lowest BCUT2D eigenvalue weighted by atomic mass is 10.0. The van der Waals surface area contributed by atoms with Crippen LogP contribution in [0, 0.1) is 22.6 Å². The van der Waals surface area contributed by atoms with Gasteiger partial charge in [-0.3, -0.25) is 0 Å². The normalized spacial score (nSPS) is 26.5. The molecule has 1 aliphatic rings. The third-order valence-electron chi connectivity index (χ3n) is 4.36. The SMILES string of the molecule is N#C[C@@]1(CO)[C@@H](c2ccc(F)cc2)[C@@H]1S(=O)(=O)c1ccccc1. The summed E-state index contributed by atoms with van der Waals surface area (Å²) in [6.07, 6.45) is 0. The summed E-state index contributed by atoms with van der Waals surface area (Å²) in [5, 5.41) is 18.1. The molecule has 0 saturated heterocycles. The molecule has 0 aliphatic heterocycles. The maximum Gasteiger partial charge on any atom is 0.183 e. The minimum Gasteiger partial charge on any atom is -0.395 e. The molecule has 0 spiro atoms. The highest BCUT2D eigenvalue weighted by molar-refractivity contribution is 7.92. The summed E-state index contributed by atoms with van der Waals surface area (Å²) in [6.45, 7) is -0.567. The Labute approximate surface area is 133 Å². The Morgan fingerprint density at radius 2 is 1.74 bits per heavy atom. The van der Waals surface area contributed by atoms with Gasteiger partial charge in [0, 0.05) is 5.92 Å². The highest BCUT2D eigenvalue weighted by atomic mass is 32.2. The molecule has 0 bridgehead atoms. The van der Waals surface area contributed by atoms with Crippen LogP contribution < -0.4 is 0 Å². The van der Waals surface area contributed by atoms with E-state index in [1.54, 1.807) is 18.2 Å². The molecule has 2 aromatic rings. The van der Waals surface area contributed by atoms with Gasteiger partial charge in [-0.25, -0.2) is 12.8 Å². The first-order valence-electron chi connectivity index (χ1n) is 7.04. The molecular weight excluding hydrogens is 317 g/mol. The van der Waals surface area contributed by atoms with Gasteiger partial charge in [0.25, 0.3) is 0 Å². The largest absolute Gasteiger partial charge is 0.395 e. The molecular formula is C17H14FNO3S. The second kappa shape index (κ2) is 5.44. The van der Waals surface area contributed by atoms with Crippen molar-refractivity contribution in [3.63, 3.8) is 0 Å². The van der Waals surface area contributed by atoms with Crippen LogP contribution >= 0.6 is 0 Å². The molecule has 2 aromatic carbocycles. The van der Waals surface area contributed by atoms with E-state index in [-0.39, 0.29) is 4.90 Å². The van der Waals surface area contributed by atoms with Crippen LogP contribution in [0.5, 0.6) is 0 Å². The molecule has 1 aliphatic carbocycles. The molecule has 3 rings (SSSR count). The topological polar surface area (TPSA) is 78.2 Å². The zero-order chi connectivity index (χ0) is 16.7. The number of hydrogen-bond donors (Lipinski definition) is 1. The van der Waals surface area contributed by atoms with Gasteiger partial charge in [-0.2, -0.15) is 5.26 Å². The summed E-state index contributed by atoms with van der Waals surface area (Å²) in [4.78, 5) is 0.114. The van der Waals surface area contributed by atoms with E-state index in [0.717, 1.165) is 0 Å². The van der Waals surface area contributed by atoms with E-state index in [0.29, 0.717) is 5.56 Å². The molecule has 0 amide bonds. The number of nitrogens with zero attached hydrogens (tertiary/aromatic N) is 1. The molecule has 118 valence electrons. The summed E-state index contributed by atoms with van der Waals surface area (Å²) < 4.78 is 38.8. The van der Waals surface area contributed by atoms with Crippen molar-refractivity contribution in [1.82, 2.24) is 0 Å². The van der Waals surface area contributed by atoms with Crippen molar-refractivity contribution >= 4 is 9.84 Å². The van der Waals surface area contributed by atoms with Gasteiger partial charge in [-0.15, -0.1) is 0 Å². The van der Waals surface area contributed by atoms with Crippen LogP contribution in [-0.4, -0.2) is 25.4 Å². The molecule has 1 saturated carbocycles. The molecule has 0 aromatic heterocycles. The molecule has 4 nitrogen and oxygen atoms in total. The molecule has 6 heteroatoms. The molecule has 23 heavy (non-hydrogen) atoms. The van der Waals surface area contributed by atoms with Gasteiger partial charge in [0.1, 0.15) is 11.2 Å². The second-order valence-corrected chi connectivity index (χ2v) is 7.69. The lowest BCUT2D eigenvalue weighted by molar-refractivity contribution is 0.242.